The van der Waals surface area contributed by atoms with Gasteiger partial charge in [-0.25, -0.2) is 0 Å². The van der Waals surface area contributed by atoms with Crippen molar-refractivity contribution in [3.63, 3.8) is 0 Å². The molecule has 0 bridgehead atoms. The first-order valence-electron chi connectivity index (χ1n) is 7.02. The fourth-order valence-corrected chi connectivity index (χ4v) is 2.36. The molecule has 6 nitrogen and oxygen atoms in total. The molecule has 108 valence electrons. The molecule has 0 radical (unpaired) electrons. The summed E-state index contributed by atoms with van der Waals surface area (Å²) >= 11 is 0. The Hall–Kier alpha value is -1.66. The molecule has 0 saturated carbocycles. The second kappa shape index (κ2) is 6.19. The molecular formula is C14H19N3O3. The largest absolute Gasteiger partial charge is 0.469 e. The van der Waals surface area contributed by atoms with Gasteiger partial charge in [0.25, 0.3) is 0 Å². The minimum Gasteiger partial charge on any atom is -0.469 e. The summed E-state index contributed by atoms with van der Waals surface area (Å²) in [5.74, 6) is 1.98. The lowest BCUT2D eigenvalue weighted by Crippen LogP contribution is -2.32. The monoisotopic (exact) mass is 277 g/mol. The molecule has 1 fully saturated rings. The van der Waals surface area contributed by atoms with Crippen LogP contribution in [0, 0.1) is 6.92 Å². The summed E-state index contributed by atoms with van der Waals surface area (Å²) in [6.07, 6.45) is 4.77. The number of aryl methyl sites for hydroxylation is 1. The van der Waals surface area contributed by atoms with Gasteiger partial charge in [-0.2, -0.15) is 4.98 Å². The van der Waals surface area contributed by atoms with Crippen molar-refractivity contribution < 1.29 is 13.7 Å². The van der Waals surface area contributed by atoms with E-state index < -0.39 is 0 Å². The van der Waals surface area contributed by atoms with Gasteiger partial charge in [0, 0.05) is 0 Å². The highest BCUT2D eigenvalue weighted by Gasteiger charge is 2.15. The van der Waals surface area contributed by atoms with Crippen LogP contribution in [0.1, 0.15) is 24.5 Å². The zero-order valence-electron chi connectivity index (χ0n) is 11.6. The van der Waals surface area contributed by atoms with Gasteiger partial charge in [-0.15, -0.1) is 0 Å². The number of aromatic nitrogens is 2. The predicted molar refractivity (Wildman–Crippen MR) is 72.3 cm³/mol. The SMILES string of the molecule is Cc1occc1-c1noc(CCOC2CCNCC2)n1. The van der Waals surface area contributed by atoms with Crippen LogP contribution in [0.15, 0.2) is 21.3 Å². The van der Waals surface area contributed by atoms with Gasteiger partial charge in [-0.1, -0.05) is 5.16 Å². The average molecular weight is 277 g/mol. The van der Waals surface area contributed by atoms with Gasteiger partial charge in [-0.3, -0.25) is 0 Å². The quantitative estimate of drug-likeness (QED) is 0.900. The van der Waals surface area contributed by atoms with Crippen LogP contribution >= 0.6 is 0 Å². The highest BCUT2D eigenvalue weighted by atomic mass is 16.5. The van der Waals surface area contributed by atoms with Crippen molar-refractivity contribution in [3.05, 3.63) is 24.0 Å². The first kappa shape index (κ1) is 13.3. The summed E-state index contributed by atoms with van der Waals surface area (Å²) in [6.45, 7) is 4.58. The number of furan rings is 1. The van der Waals surface area contributed by atoms with E-state index >= 15 is 0 Å². The Balaban J connectivity index is 1.51. The molecule has 1 aliphatic heterocycles. The van der Waals surface area contributed by atoms with Gasteiger partial charge in [-0.05, 0) is 38.9 Å². The Kier molecular flexibility index (Phi) is 4.13. The first-order chi connectivity index (χ1) is 9.83. The lowest BCUT2D eigenvalue weighted by atomic mass is 10.1. The lowest BCUT2D eigenvalue weighted by molar-refractivity contribution is 0.0322. The van der Waals surface area contributed by atoms with E-state index in [0.717, 1.165) is 37.3 Å². The molecule has 3 rings (SSSR count). The fraction of sp³-hybridized carbons (Fsp3) is 0.571. The van der Waals surface area contributed by atoms with Crippen LogP contribution in [0.25, 0.3) is 11.4 Å². The van der Waals surface area contributed by atoms with E-state index in [0.29, 0.717) is 30.8 Å². The molecule has 0 atom stereocenters. The van der Waals surface area contributed by atoms with Crippen molar-refractivity contribution in [2.24, 2.45) is 0 Å². The summed E-state index contributed by atoms with van der Waals surface area (Å²) in [5, 5.41) is 7.29. The first-order valence-corrected chi connectivity index (χ1v) is 7.02. The van der Waals surface area contributed by atoms with Gasteiger partial charge in [0.15, 0.2) is 0 Å². The molecule has 20 heavy (non-hydrogen) atoms. The number of hydrogen-bond donors (Lipinski definition) is 1. The summed E-state index contributed by atoms with van der Waals surface area (Å²) in [4.78, 5) is 4.37. The van der Waals surface area contributed by atoms with Crippen LogP contribution in [0.2, 0.25) is 0 Å². The van der Waals surface area contributed by atoms with Crippen LogP contribution in [0.4, 0.5) is 0 Å². The third-order valence-electron chi connectivity index (χ3n) is 3.52. The van der Waals surface area contributed by atoms with Gasteiger partial charge in [0.2, 0.25) is 11.7 Å². The zero-order valence-corrected chi connectivity index (χ0v) is 11.6. The zero-order chi connectivity index (χ0) is 13.8. The van der Waals surface area contributed by atoms with Crippen LogP contribution in [0.3, 0.4) is 0 Å². The maximum atomic E-state index is 5.82. The van der Waals surface area contributed by atoms with Crippen LogP contribution in [-0.4, -0.2) is 35.9 Å². The maximum Gasteiger partial charge on any atom is 0.229 e. The van der Waals surface area contributed by atoms with Crippen molar-refractivity contribution >= 4 is 0 Å². The Labute approximate surface area is 117 Å². The molecule has 2 aromatic rings. The molecule has 3 heterocycles. The topological polar surface area (TPSA) is 73.3 Å². The van der Waals surface area contributed by atoms with Gasteiger partial charge in [0.1, 0.15) is 5.76 Å². The second-order valence-electron chi connectivity index (χ2n) is 4.97. The molecule has 6 heteroatoms. The van der Waals surface area contributed by atoms with Crippen molar-refractivity contribution in [3.8, 4) is 11.4 Å². The van der Waals surface area contributed by atoms with E-state index in [1.54, 1.807) is 6.26 Å². The Morgan fingerprint density at radius 1 is 1.40 bits per heavy atom. The number of nitrogens with zero attached hydrogens (tertiary/aromatic N) is 2. The van der Waals surface area contributed by atoms with Crippen molar-refractivity contribution in [1.29, 1.82) is 0 Å². The van der Waals surface area contributed by atoms with Crippen molar-refractivity contribution in [2.75, 3.05) is 19.7 Å². The molecule has 1 N–H and O–H groups in total. The van der Waals surface area contributed by atoms with E-state index in [4.69, 9.17) is 13.7 Å². The van der Waals surface area contributed by atoms with E-state index in [1.807, 2.05) is 13.0 Å². The Morgan fingerprint density at radius 3 is 3.00 bits per heavy atom. The highest BCUT2D eigenvalue weighted by molar-refractivity contribution is 5.55. The van der Waals surface area contributed by atoms with Gasteiger partial charge in [0.05, 0.1) is 31.0 Å². The van der Waals surface area contributed by atoms with E-state index in [1.165, 1.54) is 0 Å². The normalized spacial score (nSPS) is 16.6. The minimum absolute atomic E-state index is 0.356. The van der Waals surface area contributed by atoms with Gasteiger partial charge >= 0.3 is 0 Å². The highest BCUT2D eigenvalue weighted by Crippen LogP contribution is 2.21. The summed E-state index contributed by atoms with van der Waals surface area (Å²) in [7, 11) is 0. The van der Waals surface area contributed by atoms with Crippen LogP contribution in [-0.2, 0) is 11.2 Å². The summed E-state index contributed by atoms with van der Waals surface area (Å²) < 4.78 is 16.3. The molecule has 1 aliphatic rings. The van der Waals surface area contributed by atoms with Crippen molar-refractivity contribution in [2.45, 2.75) is 32.3 Å². The maximum absolute atomic E-state index is 5.82. The fourth-order valence-electron chi connectivity index (χ4n) is 2.36. The molecule has 0 unspecified atom stereocenters. The molecular weight excluding hydrogens is 258 g/mol. The molecule has 0 aromatic carbocycles. The Bertz CT molecular complexity index is 543. The number of ether oxygens (including phenoxy) is 1. The Morgan fingerprint density at radius 2 is 2.25 bits per heavy atom. The third kappa shape index (κ3) is 3.08. The molecule has 2 aromatic heterocycles. The van der Waals surface area contributed by atoms with Crippen molar-refractivity contribution in [1.82, 2.24) is 15.5 Å². The number of nitrogens with one attached hydrogen (secondary N) is 1. The van der Waals surface area contributed by atoms with Crippen LogP contribution < -0.4 is 5.32 Å². The predicted octanol–water partition coefficient (Wildman–Crippen LogP) is 1.95. The summed E-state index contributed by atoms with van der Waals surface area (Å²) in [6, 6.07) is 1.84. The smallest absolute Gasteiger partial charge is 0.229 e. The summed E-state index contributed by atoms with van der Waals surface area (Å²) in [5.41, 5.74) is 0.874. The lowest BCUT2D eigenvalue weighted by Gasteiger charge is -2.22. The number of rotatable bonds is 5. The average Bonchev–Trinajstić information content (AvgIpc) is 3.09. The second-order valence-corrected chi connectivity index (χ2v) is 4.97. The molecule has 0 amide bonds. The van der Waals surface area contributed by atoms with Gasteiger partial charge < -0.3 is 19.0 Å². The molecule has 1 saturated heterocycles. The standard InChI is InChI=1S/C14H19N3O3/c1-10-12(4-8-18-10)14-16-13(20-17-14)5-9-19-11-2-6-15-7-3-11/h4,8,11,15H,2-3,5-7,9H2,1H3. The van der Waals surface area contributed by atoms with E-state index in [2.05, 4.69) is 15.5 Å². The minimum atomic E-state index is 0.356. The number of hydrogen-bond acceptors (Lipinski definition) is 6. The van der Waals surface area contributed by atoms with E-state index in [9.17, 15) is 0 Å². The molecule has 0 aliphatic carbocycles. The van der Waals surface area contributed by atoms with Crippen LogP contribution in [0.5, 0.6) is 0 Å². The number of piperidine rings is 1. The van der Waals surface area contributed by atoms with E-state index in [-0.39, 0.29) is 0 Å². The molecule has 0 spiro atoms. The third-order valence-corrected chi connectivity index (χ3v) is 3.52.